The van der Waals surface area contributed by atoms with E-state index in [4.69, 9.17) is 0 Å². The zero-order chi connectivity index (χ0) is 82.0. The van der Waals surface area contributed by atoms with Crippen LogP contribution in [0.5, 0.6) is 0 Å². The molecule has 0 saturated carbocycles. The third-order valence-electron chi connectivity index (χ3n) is 25.0. The van der Waals surface area contributed by atoms with Crippen molar-refractivity contribution in [3.8, 4) is 112 Å². The summed E-state index contributed by atoms with van der Waals surface area (Å²) in [5, 5.41) is 12.0. The second kappa shape index (κ2) is 31.1. The van der Waals surface area contributed by atoms with Crippen LogP contribution in [-0.2, 0) is 0 Å². The average Bonchev–Trinajstić information content (AvgIpc) is 1.57. The molecule has 0 aliphatic rings. The number of hydrogen-bond donors (Lipinski definition) is 0. The SMILES string of the molecule is c1ccc(-c2cc(-c3cccc(-c4ccc(-c5ccc(N(c6cccc(-c7c8ccccc8cc8c7c7ccccc7n8-c7ccccc7)c6)c6ccc7ccccc7c6)cc5)c(-c5ccccc5)c4)c3)cc(N(c3ccc(-c4ccccc4-c4ccccc4)cc3)c3cccc(-c4c5ccccc5cc5c4c4ccccc4n5-c4ccccc4)c3)c2)cc1. The Morgan fingerprint density at radius 3 is 1.00 bits per heavy atom. The quantitative estimate of drug-likeness (QED) is 0.0903. The van der Waals surface area contributed by atoms with Gasteiger partial charge in [0.15, 0.2) is 0 Å². The van der Waals surface area contributed by atoms with Gasteiger partial charge in [0.25, 0.3) is 0 Å². The van der Waals surface area contributed by atoms with Gasteiger partial charge in [-0.15, -0.1) is 0 Å². The molecular weight excluding hydrogens is 1500 g/mol. The van der Waals surface area contributed by atoms with Crippen molar-refractivity contribution in [1.82, 2.24) is 9.13 Å². The van der Waals surface area contributed by atoms with Gasteiger partial charge in [-0.05, 0) is 272 Å². The molecule has 124 heavy (non-hydrogen) atoms. The zero-order valence-corrected chi connectivity index (χ0v) is 68.0. The minimum atomic E-state index is 1.03. The Labute approximate surface area is 720 Å². The summed E-state index contributed by atoms with van der Waals surface area (Å²) in [6.45, 7) is 0. The monoisotopic (exact) mass is 1580 g/mol. The van der Waals surface area contributed by atoms with Gasteiger partial charge in [0, 0.05) is 67.0 Å². The van der Waals surface area contributed by atoms with Gasteiger partial charge >= 0.3 is 0 Å². The van der Waals surface area contributed by atoms with Gasteiger partial charge < -0.3 is 18.9 Å². The highest BCUT2D eigenvalue weighted by atomic mass is 15.1. The average molecular weight is 1580 g/mol. The summed E-state index contributed by atoms with van der Waals surface area (Å²) in [5.74, 6) is 0. The second-order valence-electron chi connectivity index (χ2n) is 32.3. The predicted octanol–water partition coefficient (Wildman–Crippen LogP) is 33.3. The molecule has 0 aliphatic carbocycles. The first-order valence-electron chi connectivity index (χ1n) is 42.7. The van der Waals surface area contributed by atoms with Crippen LogP contribution in [0.15, 0.2) is 485 Å². The first-order chi connectivity index (χ1) is 61.5. The molecule has 0 amide bonds. The van der Waals surface area contributed by atoms with E-state index in [1.165, 1.54) is 104 Å². The summed E-state index contributed by atoms with van der Waals surface area (Å²) in [6.07, 6.45) is 0. The van der Waals surface area contributed by atoms with Crippen LogP contribution < -0.4 is 9.80 Å². The molecule has 2 aromatic heterocycles. The first-order valence-corrected chi connectivity index (χ1v) is 42.7. The molecule has 0 bridgehead atoms. The van der Waals surface area contributed by atoms with Gasteiger partial charge in [-0.25, -0.2) is 0 Å². The van der Waals surface area contributed by atoms with Crippen LogP contribution in [0.1, 0.15) is 0 Å². The third-order valence-corrected chi connectivity index (χ3v) is 25.0. The van der Waals surface area contributed by atoms with Crippen LogP contribution in [-0.4, -0.2) is 9.13 Å². The summed E-state index contributed by atoms with van der Waals surface area (Å²) in [4.78, 5) is 4.90. The molecule has 21 aromatic carbocycles. The number of aromatic nitrogens is 2. The number of para-hydroxylation sites is 4. The molecule has 0 radical (unpaired) electrons. The Bertz CT molecular complexity index is 8010. The summed E-state index contributed by atoms with van der Waals surface area (Å²) >= 11 is 0. The molecule has 0 fully saturated rings. The maximum absolute atomic E-state index is 2.47. The maximum Gasteiger partial charge on any atom is 0.0553 e. The molecule has 23 aromatic rings. The number of rotatable bonds is 17. The molecule has 23 rings (SSSR count). The number of nitrogens with zero attached hydrogens (tertiary/aromatic N) is 4. The second-order valence-corrected chi connectivity index (χ2v) is 32.3. The third kappa shape index (κ3) is 13.0. The summed E-state index contributed by atoms with van der Waals surface area (Å²) in [6, 6.07) is 179. The Kier molecular flexibility index (Phi) is 18.2. The van der Waals surface area contributed by atoms with Gasteiger partial charge in [0.1, 0.15) is 0 Å². The van der Waals surface area contributed by atoms with Crippen LogP contribution >= 0.6 is 0 Å². The predicted molar refractivity (Wildman–Crippen MR) is 526 cm³/mol. The number of benzene rings is 21. The fraction of sp³-hybridized carbons (Fsp3) is 0. The molecular formula is C120H80N4. The van der Waals surface area contributed by atoms with Gasteiger partial charge in [-0.3, -0.25) is 0 Å². The minimum Gasteiger partial charge on any atom is -0.310 e. The van der Waals surface area contributed by atoms with E-state index in [2.05, 4.69) is 504 Å². The van der Waals surface area contributed by atoms with E-state index in [-0.39, 0.29) is 0 Å². The molecule has 0 atom stereocenters. The highest BCUT2D eigenvalue weighted by Crippen LogP contribution is 2.51. The Hall–Kier alpha value is -16.4. The van der Waals surface area contributed by atoms with E-state index in [9.17, 15) is 0 Å². The smallest absolute Gasteiger partial charge is 0.0553 e. The lowest BCUT2D eigenvalue weighted by atomic mass is 9.90. The van der Waals surface area contributed by atoms with Crippen molar-refractivity contribution in [3.63, 3.8) is 0 Å². The molecule has 0 saturated heterocycles. The Morgan fingerprint density at radius 2 is 0.476 bits per heavy atom. The standard InChI is InChI=1S/C120H80N4/c1-6-31-81(32-7-1)95-72-96(77-104(76-95)122(100-67-60-85(61-68-100)106-52-23-22-51-105(106)83-34-8-2-9-35-83)102-50-30-44-94(75-102)118-109-54-21-19-40-92(109)80-116-120(118)111-56-25-27-58-114(111)124(116)98-47-14-5-15-48-98)88-42-28-41-87(71-88)90-64-70-107(112(78-90)84-36-10-3-11-37-84)86-62-65-99(66-63-86)121(103-69-59-82-33-16-17-38-89(82)73-103)101-49-29-43-93(74-101)117-108-53-20-18-39-91(108)79-115-119(117)110-55-24-26-57-113(110)123(115)97-45-12-4-13-46-97/h1-80H. The fourth-order valence-corrected chi connectivity index (χ4v) is 19.3. The summed E-state index contributed by atoms with van der Waals surface area (Å²) in [5.41, 5.74) is 33.9. The van der Waals surface area contributed by atoms with E-state index in [0.29, 0.717) is 0 Å². The van der Waals surface area contributed by atoms with E-state index >= 15 is 0 Å². The van der Waals surface area contributed by atoms with Crippen molar-refractivity contribution in [1.29, 1.82) is 0 Å². The Balaban J connectivity index is 0.646. The van der Waals surface area contributed by atoms with Gasteiger partial charge in [0.2, 0.25) is 0 Å². The molecule has 2 heterocycles. The van der Waals surface area contributed by atoms with E-state index in [1.807, 2.05) is 0 Å². The topological polar surface area (TPSA) is 16.3 Å². The molecule has 4 heteroatoms. The van der Waals surface area contributed by atoms with Crippen LogP contribution in [0.3, 0.4) is 0 Å². The van der Waals surface area contributed by atoms with Crippen molar-refractivity contribution in [2.75, 3.05) is 9.80 Å². The van der Waals surface area contributed by atoms with Gasteiger partial charge in [0.05, 0.1) is 22.1 Å². The van der Waals surface area contributed by atoms with Crippen LogP contribution in [0.25, 0.3) is 187 Å². The lowest BCUT2D eigenvalue weighted by molar-refractivity contribution is 1.18. The largest absolute Gasteiger partial charge is 0.310 e. The Morgan fingerprint density at radius 1 is 0.145 bits per heavy atom. The van der Waals surface area contributed by atoms with Crippen molar-refractivity contribution in [2.24, 2.45) is 0 Å². The van der Waals surface area contributed by atoms with Crippen LogP contribution in [0, 0.1) is 0 Å². The molecule has 580 valence electrons. The summed E-state index contributed by atoms with van der Waals surface area (Å²) in [7, 11) is 0. The lowest BCUT2D eigenvalue weighted by Crippen LogP contribution is -2.10. The number of anilines is 6. The van der Waals surface area contributed by atoms with E-state index < -0.39 is 0 Å². The van der Waals surface area contributed by atoms with Crippen molar-refractivity contribution < 1.29 is 0 Å². The van der Waals surface area contributed by atoms with Crippen molar-refractivity contribution >= 4 is 110 Å². The van der Waals surface area contributed by atoms with Crippen LogP contribution in [0.4, 0.5) is 34.1 Å². The van der Waals surface area contributed by atoms with E-state index in [1.54, 1.807) is 0 Å². The molecule has 0 aliphatic heterocycles. The number of hydrogen-bond acceptors (Lipinski definition) is 2. The minimum absolute atomic E-state index is 1.03. The van der Waals surface area contributed by atoms with Gasteiger partial charge in [-0.1, -0.05) is 346 Å². The highest BCUT2D eigenvalue weighted by Gasteiger charge is 2.26. The normalized spacial score (nSPS) is 11.5. The lowest BCUT2D eigenvalue weighted by Gasteiger charge is -2.28. The zero-order valence-electron chi connectivity index (χ0n) is 68.0. The van der Waals surface area contributed by atoms with Crippen LogP contribution in [0.2, 0.25) is 0 Å². The number of fused-ring (bicyclic) bond motifs is 9. The molecule has 0 unspecified atom stereocenters. The first kappa shape index (κ1) is 72.8. The molecule has 0 spiro atoms. The molecule has 0 N–H and O–H groups in total. The highest BCUT2D eigenvalue weighted by molar-refractivity contribution is 6.25. The maximum atomic E-state index is 2.47. The fourth-order valence-electron chi connectivity index (χ4n) is 19.3. The van der Waals surface area contributed by atoms with Gasteiger partial charge in [-0.2, -0.15) is 0 Å². The van der Waals surface area contributed by atoms with E-state index in [0.717, 1.165) is 118 Å². The van der Waals surface area contributed by atoms with Crippen molar-refractivity contribution in [2.45, 2.75) is 0 Å². The molecule has 4 nitrogen and oxygen atoms in total. The van der Waals surface area contributed by atoms with Crippen molar-refractivity contribution in [3.05, 3.63) is 485 Å². The summed E-state index contributed by atoms with van der Waals surface area (Å²) < 4.78 is 4.87.